The third-order valence-corrected chi connectivity index (χ3v) is 3.15. The summed E-state index contributed by atoms with van der Waals surface area (Å²) < 4.78 is 0. The number of nitrogens with two attached hydrogens (primary N) is 1. The molecule has 0 aliphatic carbocycles. The van der Waals surface area contributed by atoms with Crippen molar-refractivity contribution in [1.82, 2.24) is 9.97 Å². The molecule has 0 radical (unpaired) electrons. The molecule has 0 spiro atoms. The van der Waals surface area contributed by atoms with Gasteiger partial charge in [-0.2, -0.15) is 0 Å². The van der Waals surface area contributed by atoms with Crippen LogP contribution in [0, 0.1) is 13.8 Å². The number of hydrogen-bond acceptors (Lipinski definition) is 5. The highest BCUT2D eigenvalue weighted by Crippen LogP contribution is 2.28. The maximum atomic E-state index is 6.16. The summed E-state index contributed by atoms with van der Waals surface area (Å²) in [4.78, 5) is 8.44. The van der Waals surface area contributed by atoms with Gasteiger partial charge in [0.2, 0.25) is 0 Å². The first-order valence-electron chi connectivity index (χ1n) is 6.99. The molecule has 1 aromatic carbocycles. The quantitative estimate of drug-likeness (QED) is 0.803. The zero-order valence-corrected chi connectivity index (χ0v) is 13.3. The third kappa shape index (κ3) is 3.84. The Kier molecular flexibility index (Phi) is 4.02. The Labute approximate surface area is 126 Å². The molecule has 1 aromatic heterocycles. The molecule has 1 heterocycles. The molecule has 0 saturated heterocycles. The SMILES string of the molecule is Cc1ccc(Nc2ncnc(NC(C)(C)C)c2N)cc1C. The van der Waals surface area contributed by atoms with Crippen LogP contribution < -0.4 is 16.4 Å². The molecule has 0 aliphatic rings. The average Bonchev–Trinajstić information content (AvgIpc) is 2.37. The van der Waals surface area contributed by atoms with Gasteiger partial charge >= 0.3 is 0 Å². The predicted molar refractivity (Wildman–Crippen MR) is 89.0 cm³/mol. The Bertz CT molecular complexity index is 644. The van der Waals surface area contributed by atoms with E-state index in [9.17, 15) is 0 Å². The van der Waals surface area contributed by atoms with Crippen LogP contribution in [0.15, 0.2) is 24.5 Å². The van der Waals surface area contributed by atoms with Crippen molar-refractivity contribution < 1.29 is 0 Å². The molecular weight excluding hydrogens is 262 g/mol. The van der Waals surface area contributed by atoms with Crippen molar-refractivity contribution in [3.05, 3.63) is 35.7 Å². The molecule has 2 aromatic rings. The van der Waals surface area contributed by atoms with Gasteiger partial charge in [0.05, 0.1) is 0 Å². The minimum Gasteiger partial charge on any atom is -0.393 e. The molecule has 21 heavy (non-hydrogen) atoms. The zero-order chi connectivity index (χ0) is 15.6. The van der Waals surface area contributed by atoms with Gasteiger partial charge in [-0.05, 0) is 57.9 Å². The number of nitrogens with zero attached hydrogens (tertiary/aromatic N) is 2. The maximum absolute atomic E-state index is 6.16. The van der Waals surface area contributed by atoms with Crippen LogP contribution in [0.3, 0.4) is 0 Å². The number of nitrogens with one attached hydrogen (secondary N) is 2. The predicted octanol–water partition coefficient (Wildman–Crippen LogP) is 3.63. The molecule has 0 saturated carbocycles. The summed E-state index contributed by atoms with van der Waals surface area (Å²) in [6.07, 6.45) is 1.51. The lowest BCUT2D eigenvalue weighted by Gasteiger charge is -2.22. The normalized spacial score (nSPS) is 11.3. The Morgan fingerprint density at radius 1 is 1.00 bits per heavy atom. The van der Waals surface area contributed by atoms with E-state index in [0.29, 0.717) is 17.3 Å². The third-order valence-electron chi connectivity index (χ3n) is 3.15. The lowest BCUT2D eigenvalue weighted by atomic mass is 10.1. The van der Waals surface area contributed by atoms with Crippen LogP contribution in [0.2, 0.25) is 0 Å². The minimum atomic E-state index is -0.111. The molecule has 0 amide bonds. The molecule has 5 nitrogen and oxygen atoms in total. The number of benzene rings is 1. The Balaban J connectivity index is 2.28. The smallest absolute Gasteiger partial charge is 0.159 e. The summed E-state index contributed by atoms with van der Waals surface area (Å²) >= 11 is 0. The van der Waals surface area contributed by atoms with Gasteiger partial charge in [-0.25, -0.2) is 9.97 Å². The Hall–Kier alpha value is -2.30. The first-order chi connectivity index (χ1) is 9.76. The summed E-state index contributed by atoms with van der Waals surface area (Å²) in [5.41, 5.74) is 10.0. The Morgan fingerprint density at radius 3 is 2.29 bits per heavy atom. The van der Waals surface area contributed by atoms with Crippen molar-refractivity contribution in [2.45, 2.75) is 40.2 Å². The number of aryl methyl sites for hydroxylation is 2. The standard InChI is InChI=1S/C16H23N5/c1-10-6-7-12(8-11(10)2)20-14-13(17)15(19-9-18-14)21-16(3,4)5/h6-9H,17H2,1-5H3,(H2,18,19,20,21). The highest BCUT2D eigenvalue weighted by atomic mass is 15.1. The fraction of sp³-hybridized carbons (Fsp3) is 0.375. The second-order valence-electron chi connectivity index (χ2n) is 6.28. The van der Waals surface area contributed by atoms with E-state index in [2.05, 4.69) is 67.4 Å². The van der Waals surface area contributed by atoms with Gasteiger partial charge in [0, 0.05) is 11.2 Å². The molecular formula is C16H23N5. The van der Waals surface area contributed by atoms with E-state index in [-0.39, 0.29) is 5.54 Å². The number of aromatic nitrogens is 2. The molecule has 0 atom stereocenters. The molecule has 4 N–H and O–H groups in total. The summed E-state index contributed by atoms with van der Waals surface area (Å²) in [5, 5.41) is 6.53. The van der Waals surface area contributed by atoms with E-state index in [0.717, 1.165) is 5.69 Å². The van der Waals surface area contributed by atoms with Crippen LogP contribution >= 0.6 is 0 Å². The number of nitrogen functional groups attached to an aromatic ring is 1. The lowest BCUT2D eigenvalue weighted by molar-refractivity contribution is 0.630. The second kappa shape index (κ2) is 5.60. The summed E-state index contributed by atoms with van der Waals surface area (Å²) in [7, 11) is 0. The topological polar surface area (TPSA) is 75.9 Å². The summed E-state index contributed by atoms with van der Waals surface area (Å²) in [5.74, 6) is 1.25. The number of rotatable bonds is 3. The maximum Gasteiger partial charge on any atom is 0.159 e. The van der Waals surface area contributed by atoms with Crippen LogP contribution in [0.1, 0.15) is 31.9 Å². The van der Waals surface area contributed by atoms with Gasteiger partial charge in [0.15, 0.2) is 11.6 Å². The molecule has 112 valence electrons. The van der Waals surface area contributed by atoms with E-state index in [4.69, 9.17) is 5.73 Å². The molecule has 0 fully saturated rings. The van der Waals surface area contributed by atoms with Crippen molar-refractivity contribution >= 4 is 23.0 Å². The lowest BCUT2D eigenvalue weighted by Crippen LogP contribution is -2.27. The van der Waals surface area contributed by atoms with Gasteiger partial charge in [-0.1, -0.05) is 6.07 Å². The molecule has 0 unspecified atom stereocenters. The fourth-order valence-electron chi connectivity index (χ4n) is 1.91. The largest absolute Gasteiger partial charge is 0.393 e. The highest BCUT2D eigenvalue weighted by Gasteiger charge is 2.15. The van der Waals surface area contributed by atoms with E-state index in [1.807, 2.05) is 6.07 Å². The van der Waals surface area contributed by atoms with Gasteiger partial charge in [0.25, 0.3) is 0 Å². The highest BCUT2D eigenvalue weighted by molar-refractivity contribution is 5.78. The van der Waals surface area contributed by atoms with E-state index in [1.165, 1.54) is 17.5 Å². The molecule has 0 aliphatic heterocycles. The van der Waals surface area contributed by atoms with Crippen LogP contribution in [-0.4, -0.2) is 15.5 Å². The van der Waals surface area contributed by atoms with E-state index in [1.54, 1.807) is 0 Å². The van der Waals surface area contributed by atoms with E-state index >= 15 is 0 Å². The van der Waals surface area contributed by atoms with Crippen molar-refractivity contribution in [2.24, 2.45) is 0 Å². The van der Waals surface area contributed by atoms with Crippen molar-refractivity contribution in [1.29, 1.82) is 0 Å². The van der Waals surface area contributed by atoms with Gasteiger partial charge in [-0.3, -0.25) is 0 Å². The average molecular weight is 285 g/mol. The first-order valence-corrected chi connectivity index (χ1v) is 6.99. The molecule has 2 rings (SSSR count). The van der Waals surface area contributed by atoms with Crippen LogP contribution in [-0.2, 0) is 0 Å². The number of anilines is 4. The Morgan fingerprint density at radius 2 is 1.67 bits per heavy atom. The van der Waals surface area contributed by atoms with Crippen molar-refractivity contribution in [3.8, 4) is 0 Å². The number of hydrogen-bond donors (Lipinski definition) is 3. The monoisotopic (exact) mass is 285 g/mol. The molecule has 5 heteroatoms. The molecule has 0 bridgehead atoms. The first kappa shape index (κ1) is 15.1. The summed E-state index contributed by atoms with van der Waals surface area (Å²) in [6.45, 7) is 10.3. The summed E-state index contributed by atoms with van der Waals surface area (Å²) in [6, 6.07) is 6.16. The van der Waals surface area contributed by atoms with Crippen LogP contribution in [0.25, 0.3) is 0 Å². The minimum absolute atomic E-state index is 0.111. The van der Waals surface area contributed by atoms with Gasteiger partial charge < -0.3 is 16.4 Å². The van der Waals surface area contributed by atoms with Crippen LogP contribution in [0.5, 0.6) is 0 Å². The van der Waals surface area contributed by atoms with Gasteiger partial charge in [-0.15, -0.1) is 0 Å². The van der Waals surface area contributed by atoms with E-state index < -0.39 is 0 Å². The zero-order valence-electron chi connectivity index (χ0n) is 13.3. The second-order valence-corrected chi connectivity index (χ2v) is 6.28. The van der Waals surface area contributed by atoms with Crippen molar-refractivity contribution in [3.63, 3.8) is 0 Å². The van der Waals surface area contributed by atoms with Crippen molar-refractivity contribution in [2.75, 3.05) is 16.4 Å². The fourth-order valence-corrected chi connectivity index (χ4v) is 1.91. The van der Waals surface area contributed by atoms with Crippen LogP contribution in [0.4, 0.5) is 23.0 Å². The van der Waals surface area contributed by atoms with Gasteiger partial charge in [0.1, 0.15) is 12.0 Å².